The Bertz CT molecular complexity index is 549. The van der Waals surface area contributed by atoms with Crippen molar-refractivity contribution in [3.63, 3.8) is 0 Å². The lowest BCUT2D eigenvalue weighted by Gasteiger charge is -2.10. The van der Waals surface area contributed by atoms with E-state index in [0.29, 0.717) is 0 Å². The number of pyridine rings is 1. The molecule has 0 saturated heterocycles. The summed E-state index contributed by atoms with van der Waals surface area (Å²) in [7, 11) is 1.91. The van der Waals surface area contributed by atoms with E-state index in [-0.39, 0.29) is 0 Å². The van der Waals surface area contributed by atoms with Gasteiger partial charge >= 0.3 is 0 Å². The van der Waals surface area contributed by atoms with Crippen molar-refractivity contribution in [1.29, 1.82) is 0 Å². The van der Waals surface area contributed by atoms with Crippen molar-refractivity contribution in [3.8, 4) is 0 Å². The maximum absolute atomic E-state index is 6.12. The van der Waals surface area contributed by atoms with Gasteiger partial charge in [-0.15, -0.1) is 0 Å². The van der Waals surface area contributed by atoms with Crippen LogP contribution in [0.15, 0.2) is 18.2 Å². The summed E-state index contributed by atoms with van der Waals surface area (Å²) >= 11 is 6.12. The Balaban J connectivity index is 2.65. The van der Waals surface area contributed by atoms with Crippen molar-refractivity contribution in [2.75, 3.05) is 12.4 Å². The third kappa shape index (κ3) is 2.37. The molecule has 0 radical (unpaired) electrons. The molecule has 0 bridgehead atoms. The number of nitrogens with one attached hydrogen (secondary N) is 1. The third-order valence-electron chi connectivity index (χ3n) is 2.93. The Morgan fingerprint density at radius 2 is 2.06 bits per heavy atom. The first-order chi connectivity index (χ1) is 8.15. The molecule has 1 aromatic carbocycles. The molecule has 0 aliphatic rings. The molecule has 0 amide bonds. The van der Waals surface area contributed by atoms with E-state index < -0.39 is 0 Å². The molecule has 90 valence electrons. The van der Waals surface area contributed by atoms with Gasteiger partial charge in [0.05, 0.1) is 5.52 Å². The van der Waals surface area contributed by atoms with Crippen LogP contribution in [0.3, 0.4) is 0 Å². The van der Waals surface area contributed by atoms with Crippen LogP contribution in [0, 0.1) is 6.92 Å². The molecule has 2 aromatic rings. The molecule has 1 aromatic heterocycles. The monoisotopic (exact) mass is 248 g/mol. The van der Waals surface area contributed by atoms with Gasteiger partial charge in [0.1, 0.15) is 5.82 Å². The number of fused-ring (bicyclic) bond motifs is 1. The summed E-state index contributed by atoms with van der Waals surface area (Å²) in [6.45, 7) is 4.20. The molecule has 0 unspecified atom stereocenters. The lowest BCUT2D eigenvalue weighted by molar-refractivity contribution is 0.919. The van der Waals surface area contributed by atoms with Crippen molar-refractivity contribution < 1.29 is 0 Å². The fraction of sp³-hybridized carbons (Fsp3) is 0.357. The fourth-order valence-electron chi connectivity index (χ4n) is 2.03. The molecule has 1 N–H and O–H groups in total. The van der Waals surface area contributed by atoms with Gasteiger partial charge in [-0.3, -0.25) is 0 Å². The Morgan fingerprint density at radius 3 is 2.71 bits per heavy atom. The standard InChI is InChI=1S/C14H17ClN2/c1-4-5-10-7-11-6-9(2)12(15)8-13(11)17-14(10)16-3/h6-8H,4-5H2,1-3H3,(H,16,17). The quantitative estimate of drug-likeness (QED) is 0.881. The number of hydrogen-bond donors (Lipinski definition) is 1. The number of anilines is 1. The molecular weight excluding hydrogens is 232 g/mol. The van der Waals surface area contributed by atoms with Crippen molar-refractivity contribution in [3.05, 3.63) is 34.3 Å². The molecule has 2 rings (SSSR count). The highest BCUT2D eigenvalue weighted by molar-refractivity contribution is 6.32. The number of benzene rings is 1. The van der Waals surface area contributed by atoms with Crippen LogP contribution in [0.1, 0.15) is 24.5 Å². The Kier molecular flexibility index (Phi) is 3.53. The van der Waals surface area contributed by atoms with E-state index >= 15 is 0 Å². The van der Waals surface area contributed by atoms with Crippen LogP contribution in [-0.4, -0.2) is 12.0 Å². The van der Waals surface area contributed by atoms with E-state index in [0.717, 1.165) is 40.1 Å². The molecular formula is C14H17ClN2. The SMILES string of the molecule is CCCc1cc2cc(C)c(Cl)cc2nc1NC. The van der Waals surface area contributed by atoms with Gasteiger partial charge in [-0.1, -0.05) is 24.9 Å². The predicted octanol–water partition coefficient (Wildman–Crippen LogP) is 4.19. The molecule has 0 atom stereocenters. The summed E-state index contributed by atoms with van der Waals surface area (Å²) in [6, 6.07) is 6.24. The van der Waals surface area contributed by atoms with E-state index in [1.807, 2.05) is 20.0 Å². The van der Waals surface area contributed by atoms with Gasteiger partial charge in [0, 0.05) is 17.5 Å². The second kappa shape index (κ2) is 4.92. The van der Waals surface area contributed by atoms with Gasteiger partial charge in [0.2, 0.25) is 0 Å². The van der Waals surface area contributed by atoms with Crippen LogP contribution in [0.25, 0.3) is 10.9 Å². The second-order valence-corrected chi connectivity index (χ2v) is 4.70. The van der Waals surface area contributed by atoms with Gasteiger partial charge in [-0.2, -0.15) is 0 Å². The molecule has 0 saturated carbocycles. The minimum atomic E-state index is 0.773. The summed E-state index contributed by atoms with van der Waals surface area (Å²) in [5.74, 6) is 0.958. The normalized spacial score (nSPS) is 10.8. The molecule has 0 aliphatic carbocycles. The summed E-state index contributed by atoms with van der Waals surface area (Å²) in [6.07, 6.45) is 2.16. The topological polar surface area (TPSA) is 24.9 Å². The average Bonchev–Trinajstić information content (AvgIpc) is 2.31. The summed E-state index contributed by atoms with van der Waals surface area (Å²) in [5.41, 5.74) is 3.31. The van der Waals surface area contributed by atoms with Crippen LogP contribution in [0.5, 0.6) is 0 Å². The number of halogens is 1. The summed E-state index contributed by atoms with van der Waals surface area (Å²) < 4.78 is 0. The molecule has 0 aliphatic heterocycles. The second-order valence-electron chi connectivity index (χ2n) is 4.29. The maximum Gasteiger partial charge on any atom is 0.129 e. The maximum atomic E-state index is 6.12. The van der Waals surface area contributed by atoms with Gasteiger partial charge in [-0.25, -0.2) is 4.98 Å². The average molecular weight is 249 g/mol. The largest absolute Gasteiger partial charge is 0.373 e. The van der Waals surface area contributed by atoms with E-state index in [9.17, 15) is 0 Å². The van der Waals surface area contributed by atoms with Crippen molar-refractivity contribution in [1.82, 2.24) is 4.98 Å². The highest BCUT2D eigenvalue weighted by Crippen LogP contribution is 2.26. The zero-order chi connectivity index (χ0) is 12.4. The fourth-order valence-corrected chi connectivity index (χ4v) is 2.19. The zero-order valence-electron chi connectivity index (χ0n) is 10.5. The lowest BCUT2D eigenvalue weighted by atomic mass is 10.1. The van der Waals surface area contributed by atoms with Crippen molar-refractivity contribution in [2.45, 2.75) is 26.7 Å². The van der Waals surface area contributed by atoms with Crippen molar-refractivity contribution in [2.24, 2.45) is 0 Å². The lowest BCUT2D eigenvalue weighted by Crippen LogP contribution is -1.99. The van der Waals surface area contributed by atoms with Gasteiger partial charge < -0.3 is 5.32 Å². The molecule has 3 heteroatoms. The zero-order valence-corrected chi connectivity index (χ0v) is 11.2. The van der Waals surface area contributed by atoms with Crippen LogP contribution in [0.2, 0.25) is 5.02 Å². The molecule has 1 heterocycles. The smallest absolute Gasteiger partial charge is 0.129 e. The minimum Gasteiger partial charge on any atom is -0.373 e. The Morgan fingerprint density at radius 1 is 1.29 bits per heavy atom. The Labute approximate surface area is 107 Å². The van der Waals surface area contributed by atoms with E-state index in [4.69, 9.17) is 11.6 Å². The first-order valence-corrected chi connectivity index (χ1v) is 6.31. The van der Waals surface area contributed by atoms with Crippen LogP contribution >= 0.6 is 11.6 Å². The molecule has 0 spiro atoms. The van der Waals surface area contributed by atoms with E-state index in [2.05, 4.69) is 29.4 Å². The summed E-state index contributed by atoms with van der Waals surface area (Å²) in [4.78, 5) is 4.62. The highest BCUT2D eigenvalue weighted by Gasteiger charge is 2.07. The molecule has 17 heavy (non-hydrogen) atoms. The first-order valence-electron chi connectivity index (χ1n) is 5.93. The Hall–Kier alpha value is -1.28. The van der Waals surface area contributed by atoms with E-state index in [1.54, 1.807) is 0 Å². The summed E-state index contributed by atoms with van der Waals surface area (Å²) in [5, 5.41) is 5.09. The number of nitrogens with zero attached hydrogens (tertiary/aromatic N) is 1. The third-order valence-corrected chi connectivity index (χ3v) is 3.34. The van der Waals surface area contributed by atoms with Gasteiger partial charge in [-0.05, 0) is 42.7 Å². The molecule has 0 fully saturated rings. The number of hydrogen-bond acceptors (Lipinski definition) is 2. The van der Waals surface area contributed by atoms with Crippen LogP contribution < -0.4 is 5.32 Å². The van der Waals surface area contributed by atoms with Gasteiger partial charge in [0.15, 0.2) is 0 Å². The number of rotatable bonds is 3. The van der Waals surface area contributed by atoms with Crippen LogP contribution in [0.4, 0.5) is 5.82 Å². The van der Waals surface area contributed by atoms with Crippen LogP contribution in [-0.2, 0) is 6.42 Å². The number of aryl methyl sites for hydroxylation is 2. The van der Waals surface area contributed by atoms with Gasteiger partial charge in [0.25, 0.3) is 0 Å². The van der Waals surface area contributed by atoms with E-state index in [1.165, 1.54) is 5.56 Å². The molecule has 2 nitrogen and oxygen atoms in total. The predicted molar refractivity (Wildman–Crippen MR) is 75.0 cm³/mol. The minimum absolute atomic E-state index is 0.773. The van der Waals surface area contributed by atoms with Crippen molar-refractivity contribution >= 4 is 28.3 Å². The highest BCUT2D eigenvalue weighted by atomic mass is 35.5. The number of aromatic nitrogens is 1. The first kappa shape index (κ1) is 12.2.